The molecule has 2 amide bonds. The molecule has 1 atom stereocenters. The molecular weight excluding hydrogens is 586 g/mol. The van der Waals surface area contributed by atoms with Gasteiger partial charge in [0.15, 0.2) is 0 Å². The summed E-state index contributed by atoms with van der Waals surface area (Å²) in [4.78, 5) is 29.7. The lowest BCUT2D eigenvalue weighted by Crippen LogP contribution is -2.53. The van der Waals surface area contributed by atoms with Crippen LogP contribution in [0.5, 0.6) is 5.75 Å². The number of likely N-dealkylation sites (N-methyl/N-ethyl adjacent to an activating group) is 1. The fourth-order valence-electron chi connectivity index (χ4n) is 5.08. The molecule has 0 bridgehead atoms. The summed E-state index contributed by atoms with van der Waals surface area (Å²) >= 11 is 0. The van der Waals surface area contributed by atoms with E-state index < -0.39 is 28.5 Å². The highest BCUT2D eigenvalue weighted by atomic mass is 32.2. The first-order valence-electron chi connectivity index (χ1n) is 14.9. The van der Waals surface area contributed by atoms with Gasteiger partial charge in [-0.3, -0.25) is 13.9 Å². The van der Waals surface area contributed by atoms with Gasteiger partial charge in [-0.15, -0.1) is 0 Å². The number of rotatable bonds is 13. The van der Waals surface area contributed by atoms with E-state index in [1.165, 1.54) is 24.1 Å². The zero-order valence-corrected chi connectivity index (χ0v) is 27.3. The highest BCUT2D eigenvalue weighted by molar-refractivity contribution is 7.92. The minimum Gasteiger partial charge on any atom is -0.495 e. The number of sulfonamides is 1. The van der Waals surface area contributed by atoms with Crippen molar-refractivity contribution in [3.63, 3.8) is 0 Å². The second-order valence-corrected chi connectivity index (χ2v) is 13.0. The molecule has 4 aromatic carbocycles. The van der Waals surface area contributed by atoms with Gasteiger partial charge in [0.25, 0.3) is 10.0 Å². The second-order valence-electron chi connectivity index (χ2n) is 11.1. The Morgan fingerprint density at radius 2 is 1.40 bits per heavy atom. The molecule has 0 saturated carbocycles. The number of ether oxygens (including phenoxy) is 1. The molecule has 4 aromatic rings. The van der Waals surface area contributed by atoms with Crippen molar-refractivity contribution in [2.75, 3.05) is 24.5 Å². The minimum absolute atomic E-state index is 0.0408. The zero-order valence-electron chi connectivity index (χ0n) is 26.5. The first-order valence-corrected chi connectivity index (χ1v) is 16.4. The zero-order chi connectivity index (χ0) is 32.6. The first kappa shape index (κ1) is 33.3. The van der Waals surface area contributed by atoms with Gasteiger partial charge in [-0.05, 0) is 68.7 Å². The third kappa shape index (κ3) is 8.30. The van der Waals surface area contributed by atoms with Gasteiger partial charge in [-0.25, -0.2) is 8.42 Å². The van der Waals surface area contributed by atoms with E-state index in [0.717, 1.165) is 32.1 Å². The number of benzene rings is 4. The van der Waals surface area contributed by atoms with E-state index in [-0.39, 0.29) is 29.5 Å². The molecule has 4 rings (SSSR count). The lowest BCUT2D eigenvalue weighted by molar-refractivity contribution is -0.140. The normalized spacial score (nSPS) is 11.8. The fourth-order valence-corrected chi connectivity index (χ4v) is 6.50. The van der Waals surface area contributed by atoms with E-state index in [0.29, 0.717) is 12.3 Å². The minimum atomic E-state index is -4.24. The van der Waals surface area contributed by atoms with Gasteiger partial charge in [0.05, 0.1) is 17.7 Å². The van der Waals surface area contributed by atoms with E-state index in [4.69, 9.17) is 4.74 Å². The maximum Gasteiger partial charge on any atom is 0.264 e. The largest absolute Gasteiger partial charge is 0.495 e. The molecule has 0 spiro atoms. The summed E-state index contributed by atoms with van der Waals surface area (Å²) in [7, 11) is -2.78. The number of aryl methyl sites for hydroxylation is 3. The van der Waals surface area contributed by atoms with Gasteiger partial charge in [0.1, 0.15) is 18.3 Å². The number of anilines is 1. The number of amides is 2. The molecule has 0 saturated heterocycles. The molecule has 1 N–H and O–H groups in total. The molecule has 0 unspecified atom stereocenters. The fraction of sp³-hybridized carbons (Fsp3) is 0.278. The van der Waals surface area contributed by atoms with E-state index in [1.807, 2.05) is 88.4 Å². The Bertz CT molecular complexity index is 1710. The number of hydrogen-bond acceptors (Lipinski definition) is 5. The molecule has 8 nitrogen and oxygen atoms in total. The van der Waals surface area contributed by atoms with Crippen LogP contribution >= 0.6 is 0 Å². The van der Waals surface area contributed by atoms with Gasteiger partial charge < -0.3 is 15.0 Å². The number of carbonyl (C=O) groups excluding carboxylic acids is 2. The Kier molecular flexibility index (Phi) is 11.0. The Balaban J connectivity index is 1.84. The van der Waals surface area contributed by atoms with E-state index >= 15 is 0 Å². The van der Waals surface area contributed by atoms with Crippen molar-refractivity contribution in [3.05, 3.63) is 125 Å². The number of nitrogens with zero attached hydrogens (tertiary/aromatic N) is 2. The number of nitrogens with one attached hydrogen (secondary N) is 1. The highest BCUT2D eigenvalue weighted by Crippen LogP contribution is 2.34. The highest BCUT2D eigenvalue weighted by Gasteiger charge is 2.35. The second kappa shape index (κ2) is 14.9. The molecular formula is C36H41N3O5S. The van der Waals surface area contributed by atoms with Crippen LogP contribution in [0, 0.1) is 20.8 Å². The molecule has 45 heavy (non-hydrogen) atoms. The van der Waals surface area contributed by atoms with Gasteiger partial charge in [0.2, 0.25) is 11.8 Å². The summed E-state index contributed by atoms with van der Waals surface area (Å²) in [6, 6.07) is 28.0. The van der Waals surface area contributed by atoms with Crippen LogP contribution in [0.4, 0.5) is 5.69 Å². The molecule has 0 aliphatic heterocycles. The molecule has 0 heterocycles. The van der Waals surface area contributed by atoms with Crippen LogP contribution in [0.2, 0.25) is 0 Å². The third-order valence-corrected chi connectivity index (χ3v) is 9.36. The van der Waals surface area contributed by atoms with E-state index in [9.17, 15) is 18.0 Å². The summed E-state index contributed by atoms with van der Waals surface area (Å²) in [5, 5.41) is 2.88. The van der Waals surface area contributed by atoms with E-state index in [2.05, 4.69) is 5.32 Å². The third-order valence-electron chi connectivity index (χ3n) is 7.59. The topological polar surface area (TPSA) is 96.0 Å². The van der Waals surface area contributed by atoms with Crippen molar-refractivity contribution < 1.29 is 22.7 Å². The SMILES string of the molecule is CCNC(=O)[C@@H](Cc1ccccc1)N(Cc1ccc(C)cc1)C(=O)CN(c1cc(C)ccc1OC)S(=O)(=O)c1ccc(C)cc1. The van der Waals surface area contributed by atoms with Crippen molar-refractivity contribution in [1.82, 2.24) is 10.2 Å². The van der Waals surface area contributed by atoms with Gasteiger partial charge in [-0.1, -0.05) is 83.9 Å². The predicted octanol–water partition coefficient (Wildman–Crippen LogP) is 5.59. The van der Waals surface area contributed by atoms with Crippen LogP contribution < -0.4 is 14.4 Å². The average molecular weight is 628 g/mol. The van der Waals surface area contributed by atoms with Crippen molar-refractivity contribution in [3.8, 4) is 5.75 Å². The van der Waals surface area contributed by atoms with Crippen molar-refractivity contribution in [2.24, 2.45) is 0 Å². The monoisotopic (exact) mass is 627 g/mol. The predicted molar refractivity (Wildman–Crippen MR) is 178 cm³/mol. The smallest absolute Gasteiger partial charge is 0.264 e. The van der Waals surface area contributed by atoms with Crippen molar-refractivity contribution >= 4 is 27.5 Å². The summed E-state index contributed by atoms with van der Waals surface area (Å²) < 4.78 is 35.3. The molecule has 0 fully saturated rings. The first-order chi connectivity index (χ1) is 21.5. The van der Waals surface area contributed by atoms with Crippen LogP contribution in [0.3, 0.4) is 0 Å². The molecule has 9 heteroatoms. The standard InChI is InChI=1S/C36H41N3O5S/c1-6-37-36(41)33(23-29-10-8-7-9-11-29)38(24-30-17-12-26(2)13-18-30)35(40)25-39(32-22-28(4)16-21-34(32)44-5)45(42,43)31-19-14-27(3)15-20-31/h7-22,33H,6,23-25H2,1-5H3,(H,37,41)/t33-/m1/s1. The maximum atomic E-state index is 14.6. The van der Waals surface area contributed by atoms with Crippen LogP contribution in [0.15, 0.2) is 102 Å². The Morgan fingerprint density at radius 3 is 2.00 bits per heavy atom. The molecule has 236 valence electrons. The quantitative estimate of drug-likeness (QED) is 0.209. The summed E-state index contributed by atoms with van der Waals surface area (Å²) in [5.74, 6) is -0.538. The van der Waals surface area contributed by atoms with Crippen LogP contribution in [0.25, 0.3) is 0 Å². The Labute approximate surface area is 266 Å². The number of carbonyl (C=O) groups is 2. The number of hydrogen-bond donors (Lipinski definition) is 1. The van der Waals surface area contributed by atoms with Crippen LogP contribution in [0.1, 0.15) is 34.7 Å². The van der Waals surface area contributed by atoms with Crippen LogP contribution in [-0.4, -0.2) is 51.4 Å². The molecule has 0 radical (unpaired) electrons. The lowest BCUT2D eigenvalue weighted by Gasteiger charge is -2.34. The Hall–Kier alpha value is -4.63. The molecule has 0 aromatic heterocycles. The average Bonchev–Trinajstić information content (AvgIpc) is 3.03. The van der Waals surface area contributed by atoms with Gasteiger partial charge >= 0.3 is 0 Å². The lowest BCUT2D eigenvalue weighted by atomic mass is 10.0. The van der Waals surface area contributed by atoms with Crippen molar-refractivity contribution in [2.45, 2.75) is 51.6 Å². The summed E-state index contributed by atoms with van der Waals surface area (Å²) in [5.41, 5.74) is 4.68. The molecule has 0 aliphatic rings. The van der Waals surface area contributed by atoms with E-state index in [1.54, 1.807) is 24.3 Å². The van der Waals surface area contributed by atoms with Crippen LogP contribution in [-0.2, 0) is 32.6 Å². The molecule has 0 aliphatic carbocycles. The van der Waals surface area contributed by atoms with Gasteiger partial charge in [0, 0.05) is 19.5 Å². The number of methoxy groups -OCH3 is 1. The maximum absolute atomic E-state index is 14.6. The Morgan fingerprint density at radius 1 is 0.800 bits per heavy atom. The summed E-state index contributed by atoms with van der Waals surface area (Å²) in [6.07, 6.45) is 0.253. The van der Waals surface area contributed by atoms with Crippen molar-refractivity contribution in [1.29, 1.82) is 0 Å². The van der Waals surface area contributed by atoms with Gasteiger partial charge in [-0.2, -0.15) is 0 Å². The summed E-state index contributed by atoms with van der Waals surface area (Å²) in [6.45, 7) is 7.45.